The summed E-state index contributed by atoms with van der Waals surface area (Å²) in [5.74, 6) is -0.100. The van der Waals surface area contributed by atoms with Gasteiger partial charge in [-0.05, 0) is 50.3 Å². The van der Waals surface area contributed by atoms with E-state index in [1.54, 1.807) is 24.5 Å². The topological polar surface area (TPSA) is 72.7 Å². The molecule has 1 amide bonds. The lowest BCUT2D eigenvalue weighted by Gasteiger charge is -2.35. The minimum atomic E-state index is -0.0636. The smallest absolute Gasteiger partial charge is 0.309 e. The number of aromatic nitrogens is 1. The Hall–Kier alpha value is -2.25. The molecular weight excluding hydrogens is 410 g/mol. The van der Waals surface area contributed by atoms with Crippen LogP contribution in [0.15, 0.2) is 24.5 Å². The summed E-state index contributed by atoms with van der Waals surface area (Å²) < 4.78 is 5.27. The number of pyridine rings is 1. The molecule has 0 radical (unpaired) electrons. The minimum Gasteiger partial charge on any atom is -0.466 e. The van der Waals surface area contributed by atoms with Gasteiger partial charge >= 0.3 is 5.97 Å². The number of fused-ring (bicyclic) bond motifs is 1. The maximum atomic E-state index is 12.3. The third kappa shape index (κ3) is 4.83. The Morgan fingerprint density at radius 2 is 2.06 bits per heavy atom. The van der Waals surface area contributed by atoms with Crippen molar-refractivity contribution in [1.29, 1.82) is 0 Å². The van der Waals surface area contributed by atoms with E-state index in [1.807, 2.05) is 19.2 Å². The predicted molar refractivity (Wildman–Crippen MR) is 121 cm³/mol. The molecule has 7 heteroatoms. The molecule has 0 aromatic carbocycles. The average molecular weight is 443 g/mol. The van der Waals surface area contributed by atoms with Crippen LogP contribution in [0, 0.1) is 5.92 Å². The monoisotopic (exact) mass is 442 g/mol. The van der Waals surface area contributed by atoms with Crippen LogP contribution >= 0.6 is 11.3 Å². The number of rotatable bonds is 6. The zero-order valence-electron chi connectivity index (χ0n) is 18.4. The van der Waals surface area contributed by atoms with Gasteiger partial charge in [-0.15, -0.1) is 11.3 Å². The van der Waals surface area contributed by atoms with Crippen molar-refractivity contribution in [2.24, 2.45) is 5.92 Å². The van der Waals surface area contributed by atoms with Gasteiger partial charge in [0, 0.05) is 42.6 Å². The van der Waals surface area contributed by atoms with Crippen LogP contribution in [0.2, 0.25) is 0 Å². The van der Waals surface area contributed by atoms with E-state index in [9.17, 15) is 9.59 Å². The molecule has 1 aliphatic heterocycles. The number of thiophene rings is 1. The first kappa shape index (κ1) is 22.0. The minimum absolute atomic E-state index is 0.00977. The zero-order valence-corrected chi connectivity index (χ0v) is 19.2. The van der Waals surface area contributed by atoms with Crippen LogP contribution in [0.4, 0.5) is 5.00 Å². The Morgan fingerprint density at radius 3 is 2.74 bits per heavy atom. The predicted octanol–water partition coefficient (Wildman–Crippen LogP) is 2.93. The van der Waals surface area contributed by atoms with Gasteiger partial charge in [-0.25, -0.2) is 0 Å². The number of quaternary nitrogens is 1. The number of hydrogen-bond donors (Lipinski definition) is 2. The van der Waals surface area contributed by atoms with Gasteiger partial charge in [-0.2, -0.15) is 0 Å². The summed E-state index contributed by atoms with van der Waals surface area (Å²) in [6.07, 6.45) is 9.97. The Bertz CT molecular complexity index is 920. The second kappa shape index (κ2) is 9.92. The first-order valence-electron chi connectivity index (χ1n) is 11.4. The molecule has 6 nitrogen and oxygen atoms in total. The maximum Gasteiger partial charge on any atom is 0.309 e. The molecular formula is C24H32N3O3S+. The van der Waals surface area contributed by atoms with Crippen LogP contribution in [0.3, 0.4) is 0 Å². The molecule has 2 aliphatic rings. The quantitative estimate of drug-likeness (QED) is 0.675. The van der Waals surface area contributed by atoms with Crippen molar-refractivity contribution in [2.45, 2.75) is 58.4 Å². The highest BCUT2D eigenvalue weighted by Gasteiger charge is 2.38. The maximum absolute atomic E-state index is 12.3. The first-order chi connectivity index (χ1) is 15.1. The Morgan fingerprint density at radius 1 is 1.29 bits per heavy atom. The molecule has 3 heterocycles. The number of nitrogens with one attached hydrogen (secondary N) is 2. The van der Waals surface area contributed by atoms with E-state index in [0.29, 0.717) is 6.61 Å². The van der Waals surface area contributed by atoms with Gasteiger partial charge in [0.05, 0.1) is 31.2 Å². The number of carbonyl (C=O) groups is 2. The van der Waals surface area contributed by atoms with Gasteiger partial charge in [-0.1, -0.05) is 0 Å². The number of likely N-dealkylation sites (tertiary alicyclic amines) is 1. The van der Waals surface area contributed by atoms with Crippen LogP contribution in [-0.2, 0) is 27.2 Å². The summed E-state index contributed by atoms with van der Waals surface area (Å²) in [4.78, 5) is 31.5. The Kier molecular flexibility index (Phi) is 7.02. The Labute approximate surface area is 188 Å². The summed E-state index contributed by atoms with van der Waals surface area (Å²) in [5.41, 5.74) is 3.87. The molecule has 2 aromatic heterocycles. The van der Waals surface area contributed by atoms with E-state index in [-0.39, 0.29) is 23.8 Å². The van der Waals surface area contributed by atoms with Crippen LogP contribution in [0.1, 0.15) is 67.1 Å². The Balaban J connectivity index is 1.70. The van der Waals surface area contributed by atoms with Crippen LogP contribution < -0.4 is 10.2 Å². The number of piperidine rings is 1. The van der Waals surface area contributed by atoms with E-state index in [1.165, 1.54) is 39.3 Å². The van der Waals surface area contributed by atoms with Gasteiger partial charge in [0.1, 0.15) is 11.0 Å². The fourth-order valence-electron chi connectivity index (χ4n) is 5.07. The van der Waals surface area contributed by atoms with Crippen molar-refractivity contribution < 1.29 is 19.2 Å². The number of nitrogens with zero attached hydrogens (tertiary/aromatic N) is 1. The number of ether oxygens (including phenoxy) is 1. The molecule has 1 unspecified atom stereocenters. The third-order valence-corrected chi connectivity index (χ3v) is 7.69. The number of hydrogen-bond acceptors (Lipinski definition) is 5. The SMILES string of the molecule is CCOC(=O)C1CC[NH+](C(c2cccnc2)c2c(NC(C)=O)sc3c2CCCC3)CC1. The third-order valence-electron chi connectivity index (χ3n) is 6.46. The van der Waals surface area contributed by atoms with Crippen LogP contribution in [-0.4, -0.2) is 36.6 Å². The number of aryl methyl sites for hydroxylation is 1. The lowest BCUT2D eigenvalue weighted by Crippen LogP contribution is -3.13. The molecule has 1 aliphatic carbocycles. The first-order valence-corrected chi connectivity index (χ1v) is 12.2. The van der Waals surface area contributed by atoms with Crippen LogP contribution in [0.25, 0.3) is 0 Å². The zero-order chi connectivity index (χ0) is 21.8. The van der Waals surface area contributed by atoms with Gasteiger partial charge in [-0.3, -0.25) is 14.6 Å². The molecule has 2 N–H and O–H groups in total. The highest BCUT2D eigenvalue weighted by atomic mass is 32.1. The molecule has 0 saturated carbocycles. The molecule has 166 valence electrons. The molecule has 2 aromatic rings. The van der Waals surface area contributed by atoms with E-state index in [2.05, 4.69) is 16.4 Å². The summed E-state index contributed by atoms with van der Waals surface area (Å²) in [7, 11) is 0. The molecule has 1 fully saturated rings. The number of esters is 1. The average Bonchev–Trinajstić information content (AvgIpc) is 3.12. The second-order valence-corrected chi connectivity index (χ2v) is 9.64. The highest BCUT2D eigenvalue weighted by Crippen LogP contribution is 2.42. The molecule has 0 bridgehead atoms. The molecule has 1 saturated heterocycles. The molecule has 1 atom stereocenters. The summed E-state index contributed by atoms with van der Waals surface area (Å²) in [6.45, 7) is 5.67. The molecule has 4 rings (SSSR count). The van der Waals surface area contributed by atoms with Crippen molar-refractivity contribution in [3.63, 3.8) is 0 Å². The lowest BCUT2D eigenvalue weighted by molar-refractivity contribution is -0.931. The largest absolute Gasteiger partial charge is 0.466 e. The second-order valence-electron chi connectivity index (χ2n) is 8.54. The fraction of sp³-hybridized carbons (Fsp3) is 0.542. The van der Waals surface area contributed by atoms with E-state index in [0.717, 1.165) is 43.8 Å². The highest BCUT2D eigenvalue weighted by molar-refractivity contribution is 7.16. The van der Waals surface area contributed by atoms with Crippen molar-refractivity contribution in [2.75, 3.05) is 25.0 Å². The van der Waals surface area contributed by atoms with Crippen molar-refractivity contribution in [3.8, 4) is 0 Å². The molecule has 0 spiro atoms. The van der Waals surface area contributed by atoms with Gasteiger partial charge in [0.25, 0.3) is 0 Å². The summed E-state index contributed by atoms with van der Waals surface area (Å²) in [6, 6.07) is 4.24. The summed E-state index contributed by atoms with van der Waals surface area (Å²) >= 11 is 1.75. The van der Waals surface area contributed by atoms with Crippen molar-refractivity contribution in [3.05, 3.63) is 46.1 Å². The van der Waals surface area contributed by atoms with E-state index >= 15 is 0 Å². The fourth-order valence-corrected chi connectivity index (χ4v) is 6.45. The van der Waals surface area contributed by atoms with Crippen LogP contribution in [0.5, 0.6) is 0 Å². The standard InChI is InChI=1S/C24H31N3O3S/c1-3-30-24(29)17-10-13-27(14-11-17)22(18-7-6-12-25-15-18)21-19-8-4-5-9-20(19)31-23(21)26-16(2)28/h6-7,12,15,17,22H,3-5,8-11,13-14H2,1-2H3,(H,26,28)/p+1. The van der Waals surface area contributed by atoms with Crippen molar-refractivity contribution >= 4 is 28.2 Å². The number of amides is 1. The summed E-state index contributed by atoms with van der Waals surface area (Å²) in [5, 5.41) is 4.13. The molecule has 31 heavy (non-hydrogen) atoms. The van der Waals surface area contributed by atoms with Gasteiger partial charge in [0.15, 0.2) is 0 Å². The van der Waals surface area contributed by atoms with E-state index < -0.39 is 0 Å². The van der Waals surface area contributed by atoms with Gasteiger partial charge in [0.2, 0.25) is 5.91 Å². The number of carbonyl (C=O) groups excluding carboxylic acids is 2. The van der Waals surface area contributed by atoms with Gasteiger partial charge < -0.3 is 15.0 Å². The van der Waals surface area contributed by atoms with E-state index in [4.69, 9.17) is 4.74 Å². The normalized spacial score (nSPS) is 21.7. The number of anilines is 1. The lowest BCUT2D eigenvalue weighted by atomic mass is 9.87. The van der Waals surface area contributed by atoms with Crippen molar-refractivity contribution in [1.82, 2.24) is 4.98 Å².